The number of piperidine rings is 1. The molecule has 0 bridgehead atoms. The first-order valence-corrected chi connectivity index (χ1v) is 8.11. The molecule has 2 fully saturated rings. The predicted octanol–water partition coefficient (Wildman–Crippen LogP) is 1.80. The first-order valence-electron chi connectivity index (χ1n) is 8.11. The number of amides is 1. The number of carbonyl (C=O) groups excluding carboxylic acids is 2. The van der Waals surface area contributed by atoms with Crippen LogP contribution in [-0.2, 0) is 14.3 Å². The van der Waals surface area contributed by atoms with Crippen molar-refractivity contribution in [2.75, 3.05) is 26.2 Å². The van der Waals surface area contributed by atoms with Crippen molar-refractivity contribution in [3.63, 3.8) is 0 Å². The Balaban J connectivity index is 1.89. The van der Waals surface area contributed by atoms with Crippen molar-refractivity contribution in [2.45, 2.75) is 64.5 Å². The smallest absolute Gasteiger partial charge is 0.323 e. The molecule has 0 aromatic heterocycles. The lowest BCUT2D eigenvalue weighted by Gasteiger charge is -2.31. The monoisotopic (exact) mass is 296 g/mol. The maximum Gasteiger partial charge on any atom is 0.323 e. The largest absolute Gasteiger partial charge is 0.459 e. The number of rotatable bonds is 3. The van der Waals surface area contributed by atoms with Crippen molar-refractivity contribution < 1.29 is 14.3 Å². The molecule has 0 saturated carbocycles. The fraction of sp³-hybridized carbons (Fsp3) is 0.875. The van der Waals surface area contributed by atoms with Crippen LogP contribution in [0.15, 0.2) is 0 Å². The molecule has 0 spiro atoms. The van der Waals surface area contributed by atoms with Crippen LogP contribution in [0.5, 0.6) is 0 Å². The van der Waals surface area contributed by atoms with E-state index in [1.54, 1.807) is 0 Å². The molecule has 2 saturated heterocycles. The fourth-order valence-electron chi connectivity index (χ4n) is 3.07. The van der Waals surface area contributed by atoms with Gasteiger partial charge in [-0.1, -0.05) is 0 Å². The molecular weight excluding hydrogens is 268 g/mol. The van der Waals surface area contributed by atoms with Crippen molar-refractivity contribution in [3.8, 4) is 0 Å². The van der Waals surface area contributed by atoms with E-state index in [4.69, 9.17) is 4.74 Å². The van der Waals surface area contributed by atoms with Crippen molar-refractivity contribution in [1.29, 1.82) is 0 Å². The van der Waals surface area contributed by atoms with Gasteiger partial charge in [0, 0.05) is 13.1 Å². The van der Waals surface area contributed by atoms with Crippen LogP contribution in [0.25, 0.3) is 0 Å². The van der Waals surface area contributed by atoms with Gasteiger partial charge in [0.2, 0.25) is 5.91 Å². The average Bonchev–Trinajstić information content (AvgIpc) is 2.86. The zero-order valence-electron chi connectivity index (χ0n) is 13.6. The van der Waals surface area contributed by atoms with Crippen molar-refractivity contribution in [3.05, 3.63) is 0 Å². The zero-order valence-corrected chi connectivity index (χ0v) is 13.6. The van der Waals surface area contributed by atoms with Gasteiger partial charge in [-0.2, -0.15) is 0 Å². The van der Waals surface area contributed by atoms with Gasteiger partial charge < -0.3 is 9.64 Å². The van der Waals surface area contributed by atoms with E-state index in [2.05, 4.69) is 0 Å². The Hall–Kier alpha value is -1.10. The topological polar surface area (TPSA) is 49.9 Å². The second-order valence-corrected chi connectivity index (χ2v) is 7.10. The third-order valence-electron chi connectivity index (χ3n) is 4.09. The summed E-state index contributed by atoms with van der Waals surface area (Å²) in [5.74, 6) is -0.0309. The third-order valence-corrected chi connectivity index (χ3v) is 4.09. The van der Waals surface area contributed by atoms with E-state index in [1.807, 2.05) is 30.6 Å². The molecule has 1 amide bonds. The lowest BCUT2D eigenvalue weighted by molar-refractivity contribution is -0.160. The van der Waals surface area contributed by atoms with Gasteiger partial charge in [-0.15, -0.1) is 0 Å². The summed E-state index contributed by atoms with van der Waals surface area (Å²) in [5, 5.41) is 0. The Morgan fingerprint density at radius 1 is 1.05 bits per heavy atom. The first kappa shape index (κ1) is 16.3. The summed E-state index contributed by atoms with van der Waals surface area (Å²) >= 11 is 0. The van der Waals surface area contributed by atoms with E-state index >= 15 is 0 Å². The fourth-order valence-corrected chi connectivity index (χ4v) is 3.07. The van der Waals surface area contributed by atoms with Crippen LogP contribution < -0.4 is 0 Å². The maximum absolute atomic E-state index is 12.3. The van der Waals surface area contributed by atoms with Gasteiger partial charge in [-0.25, -0.2) is 0 Å². The lowest BCUT2D eigenvalue weighted by atomic mass is 10.1. The highest BCUT2D eigenvalue weighted by Crippen LogP contribution is 2.21. The Morgan fingerprint density at radius 2 is 1.71 bits per heavy atom. The number of nitrogens with zero attached hydrogens (tertiary/aromatic N) is 2. The van der Waals surface area contributed by atoms with E-state index in [-0.39, 0.29) is 17.9 Å². The molecule has 21 heavy (non-hydrogen) atoms. The highest BCUT2D eigenvalue weighted by Gasteiger charge is 2.35. The highest BCUT2D eigenvalue weighted by atomic mass is 16.6. The third kappa shape index (κ3) is 4.70. The molecule has 120 valence electrons. The molecule has 0 unspecified atom stereocenters. The van der Waals surface area contributed by atoms with Crippen molar-refractivity contribution in [1.82, 2.24) is 9.80 Å². The summed E-state index contributed by atoms with van der Waals surface area (Å²) in [6.45, 7) is 8.52. The molecule has 2 aliphatic heterocycles. The summed E-state index contributed by atoms with van der Waals surface area (Å²) in [6, 6.07) is -0.252. The Kier molecular flexibility index (Phi) is 5.25. The quantitative estimate of drug-likeness (QED) is 0.745. The zero-order chi connectivity index (χ0) is 15.5. The number of hydrogen-bond acceptors (Lipinski definition) is 4. The second-order valence-electron chi connectivity index (χ2n) is 7.10. The lowest BCUT2D eigenvalue weighted by Crippen LogP contribution is -2.47. The molecule has 2 heterocycles. The van der Waals surface area contributed by atoms with Gasteiger partial charge in [0.25, 0.3) is 0 Å². The second kappa shape index (κ2) is 6.77. The molecular formula is C16H28N2O3. The van der Waals surface area contributed by atoms with Gasteiger partial charge in [-0.3, -0.25) is 14.5 Å². The summed E-state index contributed by atoms with van der Waals surface area (Å²) < 4.78 is 5.47. The molecule has 2 aliphatic rings. The van der Waals surface area contributed by atoms with E-state index in [1.165, 1.54) is 6.42 Å². The Bertz CT molecular complexity index is 383. The van der Waals surface area contributed by atoms with Crippen molar-refractivity contribution in [2.24, 2.45) is 0 Å². The average molecular weight is 296 g/mol. The van der Waals surface area contributed by atoms with Crippen molar-refractivity contribution >= 4 is 11.9 Å². The minimum atomic E-state index is -0.470. The number of hydrogen-bond donors (Lipinski definition) is 0. The molecule has 0 radical (unpaired) electrons. The Morgan fingerprint density at radius 3 is 2.33 bits per heavy atom. The van der Waals surface area contributed by atoms with Crippen LogP contribution in [0.2, 0.25) is 0 Å². The van der Waals surface area contributed by atoms with Crippen LogP contribution in [-0.4, -0.2) is 59.5 Å². The normalized spacial score (nSPS) is 24.1. The molecule has 0 aliphatic carbocycles. The number of ether oxygens (including phenoxy) is 1. The van der Waals surface area contributed by atoms with Gasteiger partial charge in [-0.05, 0) is 59.4 Å². The van der Waals surface area contributed by atoms with E-state index < -0.39 is 5.60 Å². The minimum Gasteiger partial charge on any atom is -0.459 e. The summed E-state index contributed by atoms with van der Waals surface area (Å²) in [7, 11) is 0. The number of carbonyl (C=O) groups is 2. The molecule has 5 heteroatoms. The highest BCUT2D eigenvalue weighted by molar-refractivity contribution is 5.81. The maximum atomic E-state index is 12.3. The molecule has 5 nitrogen and oxygen atoms in total. The van der Waals surface area contributed by atoms with Gasteiger partial charge in [0.05, 0.1) is 6.54 Å². The molecule has 0 N–H and O–H groups in total. The predicted molar refractivity (Wildman–Crippen MR) is 80.9 cm³/mol. The van der Waals surface area contributed by atoms with Crippen LogP contribution in [0.4, 0.5) is 0 Å². The van der Waals surface area contributed by atoms with E-state index in [0.717, 1.165) is 45.3 Å². The Labute approximate surface area is 127 Å². The van der Waals surface area contributed by atoms with Gasteiger partial charge in [0.15, 0.2) is 0 Å². The first-order chi connectivity index (χ1) is 9.87. The molecule has 0 aromatic carbocycles. The standard InChI is InChI=1S/C16H28N2O3/c1-16(2,3)21-15(20)13-8-7-11-18(13)12-14(19)17-9-5-4-6-10-17/h13H,4-12H2,1-3H3/t13-/m1/s1. The number of esters is 1. The van der Waals surface area contributed by atoms with Gasteiger partial charge >= 0.3 is 5.97 Å². The van der Waals surface area contributed by atoms with Crippen LogP contribution in [0.3, 0.4) is 0 Å². The SMILES string of the molecule is CC(C)(C)OC(=O)[C@H]1CCCN1CC(=O)N1CCCCC1. The summed E-state index contributed by atoms with van der Waals surface area (Å²) in [4.78, 5) is 28.5. The van der Waals surface area contributed by atoms with Gasteiger partial charge in [0.1, 0.15) is 11.6 Å². The molecule has 0 aromatic rings. The number of likely N-dealkylation sites (tertiary alicyclic amines) is 2. The van der Waals surface area contributed by atoms with Crippen LogP contribution in [0, 0.1) is 0 Å². The molecule has 1 atom stereocenters. The summed E-state index contributed by atoms with van der Waals surface area (Å²) in [6.07, 6.45) is 5.16. The van der Waals surface area contributed by atoms with Crippen LogP contribution >= 0.6 is 0 Å². The summed E-state index contributed by atoms with van der Waals surface area (Å²) in [5.41, 5.74) is -0.470. The van der Waals surface area contributed by atoms with E-state index in [9.17, 15) is 9.59 Å². The van der Waals surface area contributed by atoms with E-state index in [0.29, 0.717) is 6.54 Å². The minimum absolute atomic E-state index is 0.158. The molecule has 2 rings (SSSR count). The van der Waals surface area contributed by atoms with Crippen LogP contribution in [0.1, 0.15) is 52.9 Å².